The van der Waals surface area contributed by atoms with Gasteiger partial charge in [-0.05, 0) is 47.7 Å². The van der Waals surface area contributed by atoms with Crippen LogP contribution in [0.3, 0.4) is 0 Å². The van der Waals surface area contributed by atoms with Gasteiger partial charge in [0.15, 0.2) is 0 Å². The molecule has 0 aromatic heterocycles. The van der Waals surface area contributed by atoms with Gasteiger partial charge in [0.1, 0.15) is 5.54 Å². The molecule has 0 aromatic carbocycles. The van der Waals surface area contributed by atoms with Crippen LogP contribution in [0.15, 0.2) is 0 Å². The normalized spacial score (nSPS) is 14.9. The van der Waals surface area contributed by atoms with E-state index in [1.54, 1.807) is 0 Å². The molecule has 0 aliphatic heterocycles. The van der Waals surface area contributed by atoms with Gasteiger partial charge in [0.05, 0.1) is 6.61 Å². The second-order valence-electron chi connectivity index (χ2n) is 5.44. The number of carbonyl (C=O) groups excluding carboxylic acids is 1. The van der Waals surface area contributed by atoms with Crippen molar-refractivity contribution < 1.29 is 9.53 Å². The standard InChI is InChI=1S/C14H30N2O2/c1-7-9-10-16(6)11-14(5,15-12(3)4)13(17)18-8-2/h12,15H,7-11H2,1-6H3. The van der Waals surface area contributed by atoms with Crippen LogP contribution >= 0.6 is 0 Å². The Labute approximate surface area is 112 Å². The maximum Gasteiger partial charge on any atom is 0.327 e. The largest absolute Gasteiger partial charge is 0.465 e. The Morgan fingerprint density at radius 3 is 2.44 bits per heavy atom. The molecule has 108 valence electrons. The third-order valence-corrected chi connectivity index (χ3v) is 2.81. The summed E-state index contributed by atoms with van der Waals surface area (Å²) in [6.45, 7) is 12.1. The molecule has 0 rings (SSSR count). The summed E-state index contributed by atoms with van der Waals surface area (Å²) in [5.41, 5.74) is -0.632. The highest BCUT2D eigenvalue weighted by atomic mass is 16.5. The first-order valence-electron chi connectivity index (χ1n) is 6.99. The van der Waals surface area contributed by atoms with Gasteiger partial charge in [0, 0.05) is 12.6 Å². The Bertz CT molecular complexity index is 244. The molecular formula is C14H30N2O2. The number of ether oxygens (including phenoxy) is 1. The number of carbonyl (C=O) groups is 1. The first-order valence-corrected chi connectivity index (χ1v) is 6.99. The lowest BCUT2D eigenvalue weighted by atomic mass is 10.0. The maximum atomic E-state index is 12.1. The molecule has 0 aliphatic rings. The quantitative estimate of drug-likeness (QED) is 0.643. The third-order valence-electron chi connectivity index (χ3n) is 2.81. The molecule has 0 aliphatic carbocycles. The van der Waals surface area contributed by atoms with Crippen LogP contribution in [0, 0.1) is 0 Å². The van der Waals surface area contributed by atoms with E-state index in [9.17, 15) is 4.79 Å². The van der Waals surface area contributed by atoms with Gasteiger partial charge in [0.2, 0.25) is 0 Å². The lowest BCUT2D eigenvalue weighted by Crippen LogP contribution is -2.59. The Kier molecular flexibility index (Phi) is 8.20. The highest BCUT2D eigenvalue weighted by Crippen LogP contribution is 2.11. The van der Waals surface area contributed by atoms with Gasteiger partial charge in [-0.15, -0.1) is 0 Å². The minimum atomic E-state index is -0.632. The van der Waals surface area contributed by atoms with E-state index in [1.807, 2.05) is 27.7 Å². The predicted molar refractivity (Wildman–Crippen MR) is 75.7 cm³/mol. The number of nitrogens with one attached hydrogen (secondary N) is 1. The van der Waals surface area contributed by atoms with Crippen LogP contribution in [0.1, 0.15) is 47.5 Å². The smallest absolute Gasteiger partial charge is 0.327 e. The van der Waals surface area contributed by atoms with Crippen LogP contribution in [-0.2, 0) is 9.53 Å². The SMILES string of the molecule is CCCCN(C)CC(C)(NC(C)C)C(=O)OCC. The van der Waals surface area contributed by atoms with Crippen LogP contribution in [0.5, 0.6) is 0 Å². The predicted octanol–water partition coefficient (Wildman–Crippen LogP) is 2.04. The van der Waals surface area contributed by atoms with E-state index < -0.39 is 5.54 Å². The zero-order valence-corrected chi connectivity index (χ0v) is 12.9. The fourth-order valence-corrected chi connectivity index (χ4v) is 2.14. The molecule has 1 unspecified atom stereocenters. The second-order valence-corrected chi connectivity index (χ2v) is 5.44. The molecule has 0 fully saturated rings. The van der Waals surface area contributed by atoms with E-state index in [4.69, 9.17) is 4.74 Å². The minimum Gasteiger partial charge on any atom is -0.465 e. The number of likely N-dealkylation sites (N-methyl/N-ethyl adjacent to an activating group) is 1. The summed E-state index contributed by atoms with van der Waals surface area (Å²) in [7, 11) is 2.05. The van der Waals surface area contributed by atoms with Crippen molar-refractivity contribution in [3.05, 3.63) is 0 Å². The summed E-state index contributed by atoms with van der Waals surface area (Å²) >= 11 is 0. The molecule has 4 heteroatoms. The van der Waals surface area contributed by atoms with Crippen molar-refractivity contribution in [1.29, 1.82) is 0 Å². The first kappa shape index (κ1) is 17.4. The van der Waals surface area contributed by atoms with Crippen molar-refractivity contribution in [1.82, 2.24) is 10.2 Å². The topological polar surface area (TPSA) is 41.6 Å². The molecule has 0 saturated heterocycles. The number of nitrogens with zero attached hydrogens (tertiary/aromatic N) is 1. The Balaban J connectivity index is 4.60. The van der Waals surface area contributed by atoms with Crippen LogP contribution < -0.4 is 5.32 Å². The molecule has 1 atom stereocenters. The van der Waals surface area contributed by atoms with E-state index in [-0.39, 0.29) is 12.0 Å². The molecule has 0 heterocycles. The summed E-state index contributed by atoms with van der Waals surface area (Å²) in [5, 5.41) is 3.33. The number of rotatable bonds is 9. The van der Waals surface area contributed by atoms with E-state index in [0.717, 1.165) is 19.4 Å². The van der Waals surface area contributed by atoms with Crippen molar-refractivity contribution in [2.45, 2.75) is 59.0 Å². The average molecular weight is 258 g/mol. The fraction of sp³-hybridized carbons (Fsp3) is 0.929. The summed E-state index contributed by atoms with van der Waals surface area (Å²) < 4.78 is 5.19. The van der Waals surface area contributed by atoms with E-state index >= 15 is 0 Å². The molecule has 0 bridgehead atoms. The van der Waals surface area contributed by atoms with Crippen molar-refractivity contribution in [3.8, 4) is 0 Å². The molecule has 0 radical (unpaired) electrons. The van der Waals surface area contributed by atoms with E-state index in [2.05, 4.69) is 24.2 Å². The molecule has 1 N–H and O–H groups in total. The number of hydrogen-bond donors (Lipinski definition) is 1. The van der Waals surface area contributed by atoms with Crippen LogP contribution in [-0.4, -0.2) is 49.2 Å². The highest BCUT2D eigenvalue weighted by Gasteiger charge is 2.36. The third kappa shape index (κ3) is 6.36. The number of hydrogen-bond acceptors (Lipinski definition) is 4. The summed E-state index contributed by atoms with van der Waals surface area (Å²) in [6.07, 6.45) is 2.31. The van der Waals surface area contributed by atoms with Crippen LogP contribution in [0.4, 0.5) is 0 Å². The van der Waals surface area contributed by atoms with Crippen molar-refractivity contribution in [3.63, 3.8) is 0 Å². The summed E-state index contributed by atoms with van der Waals surface area (Å²) in [5.74, 6) is -0.165. The molecule has 0 spiro atoms. The monoisotopic (exact) mass is 258 g/mol. The Morgan fingerprint density at radius 1 is 1.39 bits per heavy atom. The molecular weight excluding hydrogens is 228 g/mol. The van der Waals surface area contributed by atoms with Gasteiger partial charge in [-0.1, -0.05) is 13.3 Å². The van der Waals surface area contributed by atoms with Crippen molar-refractivity contribution >= 4 is 5.97 Å². The molecule has 0 aromatic rings. The Morgan fingerprint density at radius 2 is 2.00 bits per heavy atom. The summed E-state index contributed by atoms with van der Waals surface area (Å²) in [6, 6.07) is 0.249. The maximum absolute atomic E-state index is 12.1. The highest BCUT2D eigenvalue weighted by molar-refractivity contribution is 5.80. The van der Waals surface area contributed by atoms with E-state index in [0.29, 0.717) is 13.2 Å². The molecule has 4 nitrogen and oxygen atoms in total. The van der Waals surface area contributed by atoms with Gasteiger partial charge in [-0.3, -0.25) is 10.1 Å². The fourth-order valence-electron chi connectivity index (χ4n) is 2.14. The lowest BCUT2D eigenvalue weighted by Gasteiger charge is -2.34. The average Bonchev–Trinajstić information content (AvgIpc) is 2.25. The number of unbranched alkanes of at least 4 members (excludes halogenated alkanes) is 1. The van der Waals surface area contributed by atoms with Gasteiger partial charge in [-0.25, -0.2) is 0 Å². The van der Waals surface area contributed by atoms with Gasteiger partial charge in [-0.2, -0.15) is 0 Å². The minimum absolute atomic E-state index is 0.165. The zero-order chi connectivity index (χ0) is 14.2. The van der Waals surface area contributed by atoms with E-state index in [1.165, 1.54) is 0 Å². The molecule has 18 heavy (non-hydrogen) atoms. The van der Waals surface area contributed by atoms with Crippen LogP contribution in [0.2, 0.25) is 0 Å². The first-order chi connectivity index (χ1) is 8.35. The lowest BCUT2D eigenvalue weighted by molar-refractivity contribution is -0.151. The van der Waals surface area contributed by atoms with Gasteiger partial charge in [0.25, 0.3) is 0 Å². The zero-order valence-electron chi connectivity index (χ0n) is 12.9. The van der Waals surface area contributed by atoms with Crippen molar-refractivity contribution in [2.75, 3.05) is 26.7 Å². The van der Waals surface area contributed by atoms with Gasteiger partial charge < -0.3 is 9.64 Å². The van der Waals surface area contributed by atoms with Gasteiger partial charge >= 0.3 is 5.97 Å². The second kappa shape index (κ2) is 8.48. The Hall–Kier alpha value is -0.610. The molecule has 0 amide bonds. The summed E-state index contributed by atoms with van der Waals surface area (Å²) in [4.78, 5) is 14.3. The van der Waals surface area contributed by atoms with Crippen LogP contribution in [0.25, 0.3) is 0 Å². The molecule has 0 saturated carbocycles. The number of esters is 1. The van der Waals surface area contributed by atoms with Crippen molar-refractivity contribution in [2.24, 2.45) is 0 Å².